The van der Waals surface area contributed by atoms with Crippen molar-refractivity contribution < 1.29 is 9.53 Å². The van der Waals surface area contributed by atoms with Crippen LogP contribution in [0.4, 0.5) is 0 Å². The molecule has 96 valence electrons. The van der Waals surface area contributed by atoms with E-state index < -0.39 is 0 Å². The molecule has 16 heavy (non-hydrogen) atoms. The highest BCUT2D eigenvalue weighted by atomic mass is 16.5. The lowest BCUT2D eigenvalue weighted by atomic mass is 10.0. The lowest BCUT2D eigenvalue weighted by molar-refractivity contribution is -0.136. The first kappa shape index (κ1) is 15.4. The summed E-state index contributed by atoms with van der Waals surface area (Å²) < 4.78 is 5.26. The van der Waals surface area contributed by atoms with Crippen LogP contribution in [0.2, 0.25) is 0 Å². The van der Waals surface area contributed by atoms with Crippen LogP contribution in [0.25, 0.3) is 0 Å². The first-order chi connectivity index (χ1) is 7.34. The number of hydrogen-bond donors (Lipinski definition) is 1. The fourth-order valence-electron chi connectivity index (χ4n) is 1.15. The molecule has 0 saturated carbocycles. The first-order valence-electron chi connectivity index (χ1n) is 5.95. The fraction of sp³-hybridized carbons (Fsp3) is 0.917. The highest BCUT2D eigenvalue weighted by Gasteiger charge is 2.13. The number of carbonyl (C=O) groups excluding carboxylic acids is 1. The molecule has 0 aliphatic carbocycles. The van der Waals surface area contributed by atoms with Crippen molar-refractivity contribution in [2.24, 2.45) is 11.7 Å². The monoisotopic (exact) mass is 230 g/mol. The summed E-state index contributed by atoms with van der Waals surface area (Å²) >= 11 is 0. The second-order valence-electron chi connectivity index (χ2n) is 4.87. The zero-order valence-corrected chi connectivity index (χ0v) is 11.2. The Labute approximate surface area is 99.1 Å². The Bertz CT molecular complexity index is 205. The quantitative estimate of drug-likeness (QED) is 0.716. The van der Waals surface area contributed by atoms with Gasteiger partial charge in [0.05, 0.1) is 6.10 Å². The topological polar surface area (TPSA) is 55.6 Å². The second-order valence-corrected chi connectivity index (χ2v) is 4.87. The van der Waals surface area contributed by atoms with E-state index in [9.17, 15) is 4.79 Å². The molecule has 0 radical (unpaired) electrons. The summed E-state index contributed by atoms with van der Waals surface area (Å²) in [7, 11) is 1.79. The van der Waals surface area contributed by atoms with E-state index >= 15 is 0 Å². The van der Waals surface area contributed by atoms with E-state index in [1.807, 2.05) is 13.8 Å². The number of rotatable bonds is 7. The van der Waals surface area contributed by atoms with Crippen LogP contribution in [0.1, 0.15) is 34.1 Å². The minimum Gasteiger partial charge on any atom is -0.369 e. The van der Waals surface area contributed by atoms with Gasteiger partial charge in [-0.1, -0.05) is 13.8 Å². The van der Waals surface area contributed by atoms with Crippen molar-refractivity contribution >= 4 is 5.91 Å². The van der Waals surface area contributed by atoms with Crippen LogP contribution < -0.4 is 5.73 Å². The number of ether oxygens (including phenoxy) is 1. The molecule has 0 spiro atoms. The zero-order chi connectivity index (χ0) is 12.7. The predicted molar refractivity (Wildman–Crippen MR) is 66.2 cm³/mol. The molecule has 0 aliphatic rings. The van der Waals surface area contributed by atoms with Crippen LogP contribution in [0.5, 0.6) is 0 Å². The average molecular weight is 230 g/mol. The first-order valence-corrected chi connectivity index (χ1v) is 5.95. The summed E-state index contributed by atoms with van der Waals surface area (Å²) in [5, 5.41) is 0. The minimum absolute atomic E-state index is 0.0182. The van der Waals surface area contributed by atoms with Crippen molar-refractivity contribution in [3.8, 4) is 0 Å². The maximum Gasteiger partial charge on any atom is 0.248 e. The summed E-state index contributed by atoms with van der Waals surface area (Å²) in [6, 6.07) is 0.154. The van der Waals surface area contributed by atoms with Gasteiger partial charge in [0.2, 0.25) is 5.91 Å². The van der Waals surface area contributed by atoms with Crippen molar-refractivity contribution in [1.29, 1.82) is 0 Å². The zero-order valence-electron chi connectivity index (χ0n) is 11.2. The van der Waals surface area contributed by atoms with Crippen LogP contribution in [0.15, 0.2) is 0 Å². The molecule has 1 unspecified atom stereocenters. The van der Waals surface area contributed by atoms with E-state index in [2.05, 4.69) is 13.8 Å². The van der Waals surface area contributed by atoms with Gasteiger partial charge in [-0.25, -0.2) is 0 Å². The lowest BCUT2D eigenvalue weighted by Gasteiger charge is -2.21. The fourth-order valence-corrected chi connectivity index (χ4v) is 1.15. The number of hydrogen-bond acceptors (Lipinski definition) is 3. The number of amides is 1. The number of likely N-dealkylation sites (N-methyl/N-ethyl adjacent to an activating group) is 1. The van der Waals surface area contributed by atoms with E-state index in [-0.39, 0.29) is 24.7 Å². The Hall–Kier alpha value is -0.610. The van der Waals surface area contributed by atoms with Gasteiger partial charge in [-0.05, 0) is 26.2 Å². The number of carbonyl (C=O) groups is 1. The molecule has 0 aromatic heterocycles. The van der Waals surface area contributed by atoms with Crippen LogP contribution in [-0.4, -0.2) is 43.2 Å². The Morgan fingerprint density at radius 2 is 1.88 bits per heavy atom. The molecule has 0 rings (SSSR count). The summed E-state index contributed by atoms with van der Waals surface area (Å²) in [5.74, 6) is 0.472. The molecule has 0 aromatic carbocycles. The third-order valence-electron chi connectivity index (χ3n) is 2.62. The molecule has 0 aromatic rings. The molecule has 0 saturated heterocycles. The average Bonchev–Trinajstić information content (AvgIpc) is 2.21. The van der Waals surface area contributed by atoms with Crippen LogP contribution in [0.3, 0.4) is 0 Å². The molecule has 0 fully saturated rings. The number of nitrogens with zero attached hydrogens (tertiary/aromatic N) is 1. The van der Waals surface area contributed by atoms with E-state index in [1.54, 1.807) is 11.9 Å². The Morgan fingerprint density at radius 1 is 1.31 bits per heavy atom. The molecule has 0 bridgehead atoms. The van der Waals surface area contributed by atoms with Crippen molar-refractivity contribution in [2.45, 2.75) is 46.3 Å². The molecule has 4 nitrogen and oxygen atoms in total. The van der Waals surface area contributed by atoms with Crippen molar-refractivity contribution in [3.63, 3.8) is 0 Å². The van der Waals surface area contributed by atoms with Crippen molar-refractivity contribution in [3.05, 3.63) is 0 Å². The van der Waals surface area contributed by atoms with Crippen LogP contribution in [-0.2, 0) is 9.53 Å². The summed E-state index contributed by atoms with van der Waals surface area (Å²) in [5.41, 5.74) is 5.92. The third-order valence-corrected chi connectivity index (χ3v) is 2.62. The SMILES string of the molecule is CC(C)OCC(=O)N(C)CCC(N)C(C)C. The molecule has 0 aliphatic heterocycles. The molecule has 2 N–H and O–H groups in total. The molecular weight excluding hydrogens is 204 g/mol. The summed E-state index contributed by atoms with van der Waals surface area (Å²) in [6.45, 7) is 8.87. The summed E-state index contributed by atoms with van der Waals surface area (Å²) in [4.78, 5) is 13.3. The largest absolute Gasteiger partial charge is 0.369 e. The summed E-state index contributed by atoms with van der Waals surface area (Å²) in [6.07, 6.45) is 0.928. The highest BCUT2D eigenvalue weighted by molar-refractivity contribution is 5.77. The molecule has 0 heterocycles. The van der Waals surface area contributed by atoms with Gasteiger partial charge in [-0.3, -0.25) is 4.79 Å². The Balaban J connectivity index is 3.79. The maximum atomic E-state index is 11.6. The third kappa shape index (κ3) is 6.80. The normalized spacial score (nSPS) is 13.2. The standard InChI is InChI=1S/C12H26N2O2/c1-9(2)11(13)6-7-14(5)12(15)8-16-10(3)4/h9-11H,6-8,13H2,1-5H3. The van der Waals surface area contributed by atoms with E-state index in [4.69, 9.17) is 10.5 Å². The van der Waals surface area contributed by atoms with Gasteiger partial charge in [-0.2, -0.15) is 0 Å². The van der Waals surface area contributed by atoms with Crippen LogP contribution >= 0.6 is 0 Å². The van der Waals surface area contributed by atoms with Gasteiger partial charge in [0.25, 0.3) is 0 Å². The van der Waals surface area contributed by atoms with Crippen molar-refractivity contribution in [1.82, 2.24) is 4.90 Å². The molecular formula is C12H26N2O2. The number of nitrogens with two attached hydrogens (primary N) is 1. The van der Waals surface area contributed by atoms with E-state index in [0.717, 1.165) is 6.42 Å². The van der Waals surface area contributed by atoms with E-state index in [1.165, 1.54) is 0 Å². The van der Waals surface area contributed by atoms with Crippen molar-refractivity contribution in [2.75, 3.05) is 20.2 Å². The van der Waals surface area contributed by atoms with Gasteiger partial charge in [0.15, 0.2) is 0 Å². The predicted octanol–water partition coefficient (Wildman–Crippen LogP) is 1.24. The van der Waals surface area contributed by atoms with E-state index in [0.29, 0.717) is 12.5 Å². The van der Waals surface area contributed by atoms with Gasteiger partial charge in [0.1, 0.15) is 6.61 Å². The van der Waals surface area contributed by atoms with Gasteiger partial charge >= 0.3 is 0 Å². The Kier molecular flexibility index (Phi) is 7.34. The van der Waals surface area contributed by atoms with Gasteiger partial charge in [0, 0.05) is 19.6 Å². The second kappa shape index (κ2) is 7.63. The lowest BCUT2D eigenvalue weighted by Crippen LogP contribution is -2.36. The molecule has 4 heteroatoms. The molecule has 1 amide bonds. The van der Waals surface area contributed by atoms with Crippen LogP contribution in [0, 0.1) is 5.92 Å². The van der Waals surface area contributed by atoms with Gasteiger partial charge < -0.3 is 15.4 Å². The molecule has 1 atom stereocenters. The highest BCUT2D eigenvalue weighted by Crippen LogP contribution is 2.03. The van der Waals surface area contributed by atoms with Gasteiger partial charge in [-0.15, -0.1) is 0 Å². The smallest absolute Gasteiger partial charge is 0.248 e. The Morgan fingerprint density at radius 3 is 2.31 bits per heavy atom. The maximum absolute atomic E-state index is 11.6. The minimum atomic E-state index is 0.0182.